The molecule has 1 saturated heterocycles. The van der Waals surface area contributed by atoms with Crippen LogP contribution in [0.15, 0.2) is 53.9 Å². The van der Waals surface area contributed by atoms with Crippen molar-refractivity contribution in [2.75, 3.05) is 13.1 Å². The normalized spacial score (nSPS) is 14.4. The average molecular weight is 436 g/mol. The maximum Gasteiger partial charge on any atom is 0.255 e. The van der Waals surface area contributed by atoms with Crippen molar-refractivity contribution in [3.8, 4) is 5.75 Å². The van der Waals surface area contributed by atoms with E-state index in [4.69, 9.17) is 4.74 Å². The third-order valence-corrected chi connectivity index (χ3v) is 6.33. The molecule has 1 N–H and O–H groups in total. The summed E-state index contributed by atoms with van der Waals surface area (Å²) in [7, 11) is 0. The molecule has 162 valence electrons. The molecule has 0 radical (unpaired) electrons. The van der Waals surface area contributed by atoms with E-state index in [0.29, 0.717) is 24.5 Å². The minimum atomic E-state index is -0.137. The highest BCUT2D eigenvalue weighted by molar-refractivity contribution is 7.09. The molecule has 1 fully saturated rings. The molecule has 31 heavy (non-hydrogen) atoms. The molecule has 1 aliphatic rings. The summed E-state index contributed by atoms with van der Waals surface area (Å²) >= 11 is 1.59. The van der Waals surface area contributed by atoms with Crippen LogP contribution in [0.4, 0.5) is 0 Å². The quantitative estimate of drug-likeness (QED) is 0.544. The molecule has 2 heterocycles. The number of ether oxygens (including phenoxy) is 1. The van der Waals surface area contributed by atoms with Gasteiger partial charge >= 0.3 is 0 Å². The van der Waals surface area contributed by atoms with Gasteiger partial charge in [-0.25, -0.2) is 4.98 Å². The number of hydrogen-bond acceptors (Lipinski definition) is 5. The van der Waals surface area contributed by atoms with Crippen LogP contribution >= 0.6 is 11.3 Å². The van der Waals surface area contributed by atoms with Crippen LogP contribution in [-0.2, 0) is 19.7 Å². The molecule has 0 aliphatic carbocycles. The zero-order valence-corrected chi connectivity index (χ0v) is 18.8. The van der Waals surface area contributed by atoms with Crippen molar-refractivity contribution in [2.45, 2.75) is 45.9 Å². The van der Waals surface area contributed by atoms with Crippen molar-refractivity contribution in [2.24, 2.45) is 0 Å². The van der Waals surface area contributed by atoms with Crippen LogP contribution in [0.5, 0.6) is 5.75 Å². The molecular weight excluding hydrogens is 406 g/mol. The van der Waals surface area contributed by atoms with Crippen LogP contribution in [0.3, 0.4) is 0 Å². The smallest absolute Gasteiger partial charge is 0.255 e. The van der Waals surface area contributed by atoms with Crippen molar-refractivity contribution in [1.29, 1.82) is 0 Å². The first-order valence-electron chi connectivity index (χ1n) is 10.9. The summed E-state index contributed by atoms with van der Waals surface area (Å²) in [5.41, 5.74) is 3.83. The molecule has 1 aliphatic heterocycles. The van der Waals surface area contributed by atoms with Gasteiger partial charge in [0, 0.05) is 18.5 Å². The second kappa shape index (κ2) is 10.6. The molecule has 6 heteroatoms. The van der Waals surface area contributed by atoms with E-state index in [1.54, 1.807) is 17.4 Å². The van der Waals surface area contributed by atoms with Gasteiger partial charge in [0.25, 0.3) is 5.91 Å². The Morgan fingerprint density at radius 2 is 1.81 bits per heavy atom. The molecule has 5 nitrogen and oxygen atoms in total. The maximum atomic E-state index is 12.8. The monoisotopic (exact) mass is 435 g/mol. The molecule has 4 rings (SSSR count). The first-order chi connectivity index (χ1) is 15.2. The lowest BCUT2D eigenvalue weighted by Crippen LogP contribution is -2.29. The predicted molar refractivity (Wildman–Crippen MR) is 124 cm³/mol. The Balaban J connectivity index is 1.31. The first kappa shape index (κ1) is 21.5. The van der Waals surface area contributed by atoms with Crippen molar-refractivity contribution < 1.29 is 9.53 Å². The number of para-hydroxylation sites is 1. The number of piperidine rings is 1. The van der Waals surface area contributed by atoms with Crippen LogP contribution in [0, 0.1) is 6.92 Å². The third-order valence-electron chi connectivity index (χ3n) is 5.50. The predicted octanol–water partition coefficient (Wildman–Crippen LogP) is 4.95. The second-order valence-electron chi connectivity index (χ2n) is 7.98. The van der Waals surface area contributed by atoms with Gasteiger partial charge < -0.3 is 10.1 Å². The molecular formula is C25H29N3O2S. The van der Waals surface area contributed by atoms with E-state index in [0.717, 1.165) is 22.8 Å². The third kappa shape index (κ3) is 6.15. The fraction of sp³-hybridized carbons (Fsp3) is 0.360. The Bertz CT molecular complexity index is 994. The van der Waals surface area contributed by atoms with E-state index < -0.39 is 0 Å². The first-order valence-corrected chi connectivity index (χ1v) is 11.8. The molecule has 2 aromatic carbocycles. The summed E-state index contributed by atoms with van der Waals surface area (Å²) in [5.74, 6) is 0.435. The van der Waals surface area contributed by atoms with Gasteiger partial charge in [-0.1, -0.05) is 42.8 Å². The van der Waals surface area contributed by atoms with Gasteiger partial charge in [0.15, 0.2) is 0 Å². The number of amides is 1. The number of carbonyl (C=O) groups excluding carboxylic acids is 1. The van der Waals surface area contributed by atoms with Crippen LogP contribution < -0.4 is 10.1 Å². The largest absolute Gasteiger partial charge is 0.486 e. The molecule has 0 spiro atoms. The van der Waals surface area contributed by atoms with E-state index in [2.05, 4.69) is 39.5 Å². The summed E-state index contributed by atoms with van der Waals surface area (Å²) < 4.78 is 5.88. The SMILES string of the molecule is Cc1nc(COc2ccccc2C(=O)NCc2ccc(CN3CCCCC3)cc2)cs1. The summed E-state index contributed by atoms with van der Waals surface area (Å²) in [5, 5.41) is 6.00. The van der Waals surface area contributed by atoms with E-state index in [-0.39, 0.29) is 5.91 Å². The molecule has 0 saturated carbocycles. The summed E-state index contributed by atoms with van der Waals surface area (Å²) in [6.07, 6.45) is 3.96. The van der Waals surface area contributed by atoms with Crippen LogP contribution in [0.1, 0.15) is 51.4 Å². The van der Waals surface area contributed by atoms with Gasteiger partial charge in [-0.3, -0.25) is 9.69 Å². The van der Waals surface area contributed by atoms with E-state index in [1.807, 2.05) is 30.5 Å². The highest BCUT2D eigenvalue weighted by Gasteiger charge is 2.13. The minimum absolute atomic E-state index is 0.137. The summed E-state index contributed by atoms with van der Waals surface area (Å²) in [6, 6.07) is 15.9. The number of carbonyl (C=O) groups is 1. The lowest BCUT2D eigenvalue weighted by atomic mass is 10.1. The minimum Gasteiger partial charge on any atom is -0.486 e. The number of aryl methyl sites for hydroxylation is 1. The van der Waals surface area contributed by atoms with E-state index in [9.17, 15) is 4.79 Å². The van der Waals surface area contributed by atoms with Crippen LogP contribution in [0.25, 0.3) is 0 Å². The van der Waals surface area contributed by atoms with Crippen LogP contribution in [-0.4, -0.2) is 28.9 Å². The van der Waals surface area contributed by atoms with Crippen molar-refractivity contribution in [1.82, 2.24) is 15.2 Å². The van der Waals surface area contributed by atoms with Gasteiger partial charge in [0.1, 0.15) is 12.4 Å². The lowest BCUT2D eigenvalue weighted by Gasteiger charge is -2.26. The van der Waals surface area contributed by atoms with Crippen molar-refractivity contribution in [3.63, 3.8) is 0 Å². The van der Waals surface area contributed by atoms with Gasteiger partial charge in [-0.15, -0.1) is 11.3 Å². The number of benzene rings is 2. The van der Waals surface area contributed by atoms with Gasteiger partial charge in [0.05, 0.1) is 16.3 Å². The van der Waals surface area contributed by atoms with Gasteiger partial charge in [-0.05, 0) is 56.1 Å². The zero-order valence-electron chi connectivity index (χ0n) is 18.0. The second-order valence-corrected chi connectivity index (χ2v) is 9.04. The Morgan fingerprint density at radius 1 is 1.06 bits per heavy atom. The Kier molecular flexibility index (Phi) is 7.33. The Labute approximate surface area is 188 Å². The fourth-order valence-electron chi connectivity index (χ4n) is 3.82. The van der Waals surface area contributed by atoms with E-state index in [1.165, 1.54) is 37.9 Å². The molecule has 1 aromatic heterocycles. The van der Waals surface area contributed by atoms with E-state index >= 15 is 0 Å². The topological polar surface area (TPSA) is 54.5 Å². The van der Waals surface area contributed by atoms with Gasteiger partial charge in [0.2, 0.25) is 0 Å². The molecule has 0 atom stereocenters. The highest BCUT2D eigenvalue weighted by atomic mass is 32.1. The molecule has 3 aromatic rings. The summed E-state index contributed by atoms with van der Waals surface area (Å²) in [6.45, 7) is 6.21. The summed E-state index contributed by atoms with van der Waals surface area (Å²) in [4.78, 5) is 19.7. The average Bonchev–Trinajstić information content (AvgIpc) is 3.23. The van der Waals surface area contributed by atoms with Gasteiger partial charge in [-0.2, -0.15) is 0 Å². The Morgan fingerprint density at radius 3 is 2.55 bits per heavy atom. The lowest BCUT2D eigenvalue weighted by molar-refractivity contribution is 0.0946. The molecule has 0 bridgehead atoms. The molecule has 1 amide bonds. The number of hydrogen-bond donors (Lipinski definition) is 1. The van der Waals surface area contributed by atoms with Crippen LogP contribution in [0.2, 0.25) is 0 Å². The number of thiazole rings is 1. The number of rotatable bonds is 8. The number of nitrogens with zero attached hydrogens (tertiary/aromatic N) is 2. The molecule has 0 unspecified atom stereocenters. The number of aromatic nitrogens is 1. The fourth-order valence-corrected chi connectivity index (χ4v) is 4.42. The number of nitrogens with one attached hydrogen (secondary N) is 1. The highest BCUT2D eigenvalue weighted by Crippen LogP contribution is 2.20. The Hall–Kier alpha value is -2.70. The number of likely N-dealkylation sites (tertiary alicyclic amines) is 1. The zero-order chi connectivity index (χ0) is 21.5. The van der Waals surface area contributed by atoms with Crippen molar-refractivity contribution in [3.05, 3.63) is 81.3 Å². The maximum absolute atomic E-state index is 12.8. The van der Waals surface area contributed by atoms with Crippen molar-refractivity contribution >= 4 is 17.2 Å². The standard InChI is InChI=1S/C25H29N3O2S/c1-19-27-22(18-31-19)17-30-24-8-4-3-7-23(24)25(29)26-15-20-9-11-21(12-10-20)16-28-13-5-2-6-14-28/h3-4,7-12,18H,2,5-6,13-17H2,1H3,(H,26,29).